The van der Waals surface area contributed by atoms with Gasteiger partial charge in [0.1, 0.15) is 25.4 Å². The first kappa shape index (κ1) is 96.0. The van der Waals surface area contributed by atoms with Gasteiger partial charge in [-0.15, -0.1) is 0 Å². The summed E-state index contributed by atoms with van der Waals surface area (Å²) in [6, 6.07) is 0. The number of aliphatic hydroxyl groups excluding tert-OH is 2. The van der Waals surface area contributed by atoms with Crippen LogP contribution in [-0.2, 0) is 55.8 Å². The van der Waals surface area contributed by atoms with Crippen LogP contribution in [0.4, 0.5) is 0 Å². The number of phosphoric ester groups is 2. The summed E-state index contributed by atoms with van der Waals surface area (Å²) in [6.45, 7) is 2.61. The second-order valence-corrected chi connectivity index (χ2v) is 30.1. The largest absolute Gasteiger partial charge is 0.472 e. The van der Waals surface area contributed by atoms with E-state index < -0.39 is 91.5 Å². The molecule has 5 unspecified atom stereocenters. The van der Waals surface area contributed by atoms with E-state index in [1.807, 2.05) is 0 Å². The number of rotatable bonds is 77. The Kier molecular flexibility index (Phi) is 72.4. The molecule has 0 aliphatic heterocycles. The van der Waals surface area contributed by atoms with Gasteiger partial charge >= 0.3 is 33.6 Å². The van der Waals surface area contributed by atoms with Crippen LogP contribution in [0, 0.1) is 0 Å². The Morgan fingerprint density at radius 2 is 0.535 bits per heavy atom. The fraction of sp³-hybridized carbons (Fsp3) is 0.815. The van der Waals surface area contributed by atoms with Gasteiger partial charge in [-0.25, -0.2) is 9.13 Å². The van der Waals surface area contributed by atoms with Crippen molar-refractivity contribution in [1.82, 2.24) is 0 Å². The third-order valence-corrected chi connectivity index (χ3v) is 19.3. The number of unbranched alkanes of at least 4 members (excludes halogenated alkanes) is 42. The molecule has 0 heterocycles. The van der Waals surface area contributed by atoms with E-state index in [-0.39, 0.29) is 19.3 Å². The third kappa shape index (κ3) is 76.0. The Bertz CT molecular complexity index is 2090. The number of ether oxygens (including phenoxy) is 3. The number of esters is 3. The molecule has 0 saturated heterocycles. The Labute approximate surface area is 604 Å². The first-order valence-corrected chi connectivity index (χ1v) is 43.2. The molecule has 0 bridgehead atoms. The lowest BCUT2D eigenvalue weighted by molar-refractivity contribution is -0.161. The van der Waals surface area contributed by atoms with E-state index in [0.717, 1.165) is 116 Å². The second kappa shape index (κ2) is 74.7. The lowest BCUT2D eigenvalue weighted by atomic mass is 10.0. The normalized spacial score (nSPS) is 14.4. The summed E-state index contributed by atoms with van der Waals surface area (Å²) in [6.07, 6.45) is 82.7. The van der Waals surface area contributed by atoms with Crippen molar-refractivity contribution in [2.24, 2.45) is 0 Å². The number of hydrogen-bond acceptors (Lipinski definition) is 14. The molecule has 0 fully saturated rings. The van der Waals surface area contributed by atoms with E-state index in [1.54, 1.807) is 0 Å². The zero-order valence-electron chi connectivity index (χ0n) is 63.2. The average Bonchev–Trinajstić information content (AvgIpc) is 1.09. The number of phosphoric acid groups is 2. The number of hydrogen-bond donors (Lipinski definition) is 4. The average molecular weight is 1440 g/mol. The van der Waals surface area contributed by atoms with Gasteiger partial charge in [-0.3, -0.25) is 32.5 Å². The number of carbonyl (C=O) groups excluding carboxylic acids is 3. The highest BCUT2D eigenvalue weighted by atomic mass is 31.2. The van der Waals surface area contributed by atoms with Gasteiger partial charge in [-0.1, -0.05) is 331 Å². The molecule has 18 heteroatoms. The molecular formula is C81H148O16P2. The van der Waals surface area contributed by atoms with E-state index in [0.29, 0.717) is 19.3 Å². The Morgan fingerprint density at radius 3 is 0.859 bits per heavy atom. The van der Waals surface area contributed by atoms with Gasteiger partial charge in [0.15, 0.2) is 6.10 Å². The number of aliphatic hydroxyl groups is 2. The maximum Gasteiger partial charge on any atom is 0.472 e. The minimum absolute atomic E-state index is 0.110. The zero-order valence-corrected chi connectivity index (χ0v) is 65.0. The van der Waals surface area contributed by atoms with Crippen molar-refractivity contribution in [2.75, 3.05) is 39.6 Å². The zero-order chi connectivity index (χ0) is 72.3. The van der Waals surface area contributed by atoms with E-state index >= 15 is 0 Å². The fourth-order valence-electron chi connectivity index (χ4n) is 11.3. The van der Waals surface area contributed by atoms with Crippen LogP contribution in [-0.4, -0.2) is 95.9 Å². The molecule has 0 aromatic heterocycles. The molecule has 578 valence electrons. The van der Waals surface area contributed by atoms with Crippen LogP contribution in [0.2, 0.25) is 0 Å². The second-order valence-electron chi connectivity index (χ2n) is 27.2. The van der Waals surface area contributed by atoms with Gasteiger partial charge in [0.05, 0.1) is 26.4 Å². The van der Waals surface area contributed by atoms with Crippen LogP contribution >= 0.6 is 15.6 Å². The molecule has 0 rings (SSSR count). The van der Waals surface area contributed by atoms with Crippen LogP contribution in [0.3, 0.4) is 0 Å². The summed E-state index contributed by atoms with van der Waals surface area (Å²) in [5, 5.41) is 20.6. The molecule has 0 aliphatic carbocycles. The van der Waals surface area contributed by atoms with Crippen molar-refractivity contribution in [1.29, 1.82) is 0 Å². The molecule has 0 amide bonds. The summed E-state index contributed by atoms with van der Waals surface area (Å²) in [5.74, 6) is -1.56. The van der Waals surface area contributed by atoms with Gasteiger partial charge in [0, 0.05) is 19.3 Å². The quantitative estimate of drug-likeness (QED) is 0.0146. The van der Waals surface area contributed by atoms with E-state index in [4.69, 9.17) is 32.3 Å². The van der Waals surface area contributed by atoms with Crippen LogP contribution in [0.1, 0.15) is 367 Å². The molecule has 16 nitrogen and oxygen atoms in total. The molecule has 0 radical (unpaired) electrons. The molecular weight excluding hydrogens is 1290 g/mol. The molecule has 0 aliphatic rings. The first-order valence-electron chi connectivity index (χ1n) is 40.2. The standard InChI is InChI=1S/C81H148O16P2/c1-4-7-10-13-16-19-22-25-27-28-29-30-31-32-33-34-35-36-37-38-39-40-41-42-43-44-45-46-48-51-52-55-58-61-64-67-79(84)91-70-76(82)71-93-98(87,88)94-72-77(83)73-95-99(89,90)96-75-78(97-81(86)69-66-63-60-57-54-49-24-21-18-15-12-9-6-3)74-92-80(85)68-65-62-59-56-53-50-47-26-23-20-17-14-11-8-5-2/h7,10,16,19,25-27,29-30,32-33,47,76-78,82-83H,4-6,8-9,11-15,17-18,20-24,28,31,34-46,48-75H2,1-3H3,(H,87,88)(H,89,90)/b10-7-,19-16-,27-25-,30-29-,33-32-,47-26-. The van der Waals surface area contributed by atoms with Gasteiger partial charge in [0.2, 0.25) is 0 Å². The topological polar surface area (TPSA) is 231 Å². The van der Waals surface area contributed by atoms with Crippen molar-refractivity contribution in [3.8, 4) is 0 Å². The maximum atomic E-state index is 12.9. The summed E-state index contributed by atoms with van der Waals surface area (Å²) >= 11 is 0. The molecule has 5 atom stereocenters. The lowest BCUT2D eigenvalue weighted by Gasteiger charge is -2.21. The van der Waals surface area contributed by atoms with Crippen molar-refractivity contribution in [3.63, 3.8) is 0 Å². The Hall–Kier alpha value is -3.01. The number of carbonyl (C=O) groups is 3. The minimum atomic E-state index is -4.92. The van der Waals surface area contributed by atoms with Crippen molar-refractivity contribution in [3.05, 3.63) is 72.9 Å². The van der Waals surface area contributed by atoms with Crippen LogP contribution in [0.15, 0.2) is 72.9 Å². The van der Waals surface area contributed by atoms with Crippen LogP contribution in [0.25, 0.3) is 0 Å². The number of allylic oxidation sites excluding steroid dienone is 12. The van der Waals surface area contributed by atoms with Crippen molar-refractivity contribution < 1.29 is 75.8 Å². The highest BCUT2D eigenvalue weighted by molar-refractivity contribution is 7.47. The maximum absolute atomic E-state index is 12.9. The van der Waals surface area contributed by atoms with Crippen molar-refractivity contribution >= 4 is 33.6 Å². The molecule has 99 heavy (non-hydrogen) atoms. The molecule has 0 saturated carbocycles. The summed E-state index contributed by atoms with van der Waals surface area (Å²) in [4.78, 5) is 58.5. The molecule has 4 N–H and O–H groups in total. The van der Waals surface area contributed by atoms with Crippen LogP contribution < -0.4 is 0 Å². The highest BCUT2D eigenvalue weighted by Crippen LogP contribution is 2.45. The predicted molar refractivity (Wildman–Crippen MR) is 408 cm³/mol. The van der Waals surface area contributed by atoms with E-state index in [1.165, 1.54) is 193 Å². The van der Waals surface area contributed by atoms with E-state index in [9.17, 15) is 43.5 Å². The van der Waals surface area contributed by atoms with Crippen molar-refractivity contribution in [2.45, 2.75) is 386 Å². The fourth-order valence-corrected chi connectivity index (χ4v) is 12.9. The monoisotopic (exact) mass is 1440 g/mol. The SMILES string of the molecule is CC/C=C\C/C=C\C/C=C\C/C=C\C/C=C\CCCCCCCCCCCCCCCCCCCCCC(=O)OCC(O)COP(=O)(O)OCC(O)COP(=O)(O)OCC(COC(=O)CCCCCCC/C=C\CCCCCCCC)OC(=O)CCCCCCCCCCCCCCC. The van der Waals surface area contributed by atoms with Gasteiger partial charge in [-0.05, 0) is 89.9 Å². The minimum Gasteiger partial charge on any atom is -0.463 e. The molecule has 0 spiro atoms. The predicted octanol–water partition coefficient (Wildman–Crippen LogP) is 23.4. The lowest BCUT2D eigenvalue weighted by Crippen LogP contribution is -2.30. The smallest absolute Gasteiger partial charge is 0.463 e. The molecule has 0 aromatic carbocycles. The van der Waals surface area contributed by atoms with Gasteiger partial charge < -0.3 is 34.2 Å². The van der Waals surface area contributed by atoms with Gasteiger partial charge in [-0.2, -0.15) is 0 Å². The van der Waals surface area contributed by atoms with Gasteiger partial charge in [0.25, 0.3) is 0 Å². The summed E-state index contributed by atoms with van der Waals surface area (Å²) < 4.78 is 61.1. The Morgan fingerprint density at radius 1 is 0.293 bits per heavy atom. The van der Waals surface area contributed by atoms with Crippen LogP contribution in [0.5, 0.6) is 0 Å². The first-order chi connectivity index (χ1) is 48.2. The molecule has 0 aromatic rings. The Balaban J connectivity index is 4.29. The third-order valence-electron chi connectivity index (χ3n) is 17.4. The van der Waals surface area contributed by atoms with E-state index in [2.05, 4.69) is 93.7 Å². The highest BCUT2D eigenvalue weighted by Gasteiger charge is 2.29. The summed E-state index contributed by atoms with van der Waals surface area (Å²) in [5.41, 5.74) is 0. The summed E-state index contributed by atoms with van der Waals surface area (Å²) in [7, 11) is -9.77.